The SMILES string of the molecule is Cc1cc(C)c(C(=O)C2CCCCN2)c(C)c1. The standard InChI is InChI=1S/C15H21NO/c1-10-8-11(2)14(12(3)9-10)15(17)13-6-4-5-7-16-13/h8-9,13,16H,4-7H2,1-3H3. The van der Waals surface area contributed by atoms with E-state index in [1.165, 1.54) is 12.0 Å². The fraction of sp³-hybridized carbons (Fsp3) is 0.533. The number of aryl methyl sites for hydroxylation is 3. The molecule has 2 nitrogen and oxygen atoms in total. The zero-order valence-electron chi connectivity index (χ0n) is 11.0. The van der Waals surface area contributed by atoms with Gasteiger partial charge in [0.05, 0.1) is 6.04 Å². The molecule has 1 saturated heterocycles. The van der Waals surface area contributed by atoms with E-state index in [0.29, 0.717) is 0 Å². The lowest BCUT2D eigenvalue weighted by molar-refractivity contribution is 0.0926. The number of carbonyl (C=O) groups excluding carboxylic acids is 1. The van der Waals surface area contributed by atoms with Gasteiger partial charge in [-0.2, -0.15) is 0 Å². The summed E-state index contributed by atoms with van der Waals surface area (Å²) in [4.78, 5) is 12.5. The monoisotopic (exact) mass is 231 g/mol. The lowest BCUT2D eigenvalue weighted by Gasteiger charge is -2.23. The Morgan fingerprint density at radius 3 is 2.35 bits per heavy atom. The van der Waals surface area contributed by atoms with Crippen LogP contribution in [0.3, 0.4) is 0 Å². The van der Waals surface area contributed by atoms with Crippen molar-refractivity contribution in [1.29, 1.82) is 0 Å². The van der Waals surface area contributed by atoms with E-state index in [1.54, 1.807) is 0 Å². The molecule has 1 aromatic rings. The summed E-state index contributed by atoms with van der Waals surface area (Å²) in [6, 6.07) is 4.23. The van der Waals surface area contributed by atoms with Gasteiger partial charge in [-0.3, -0.25) is 4.79 Å². The summed E-state index contributed by atoms with van der Waals surface area (Å²) in [5, 5.41) is 3.34. The molecule has 0 spiro atoms. The van der Waals surface area contributed by atoms with Crippen molar-refractivity contribution in [2.45, 2.75) is 46.1 Å². The molecular weight excluding hydrogens is 210 g/mol. The van der Waals surface area contributed by atoms with Crippen LogP contribution in [-0.4, -0.2) is 18.4 Å². The minimum absolute atomic E-state index is 0.0313. The molecule has 0 saturated carbocycles. The topological polar surface area (TPSA) is 29.1 Å². The minimum Gasteiger partial charge on any atom is -0.307 e. The summed E-state index contributed by atoms with van der Waals surface area (Å²) in [7, 11) is 0. The highest BCUT2D eigenvalue weighted by Gasteiger charge is 2.24. The lowest BCUT2D eigenvalue weighted by Crippen LogP contribution is -2.40. The summed E-state index contributed by atoms with van der Waals surface area (Å²) in [5.41, 5.74) is 4.38. The summed E-state index contributed by atoms with van der Waals surface area (Å²) in [6.45, 7) is 7.12. The Morgan fingerprint density at radius 1 is 1.18 bits per heavy atom. The first kappa shape index (κ1) is 12.3. The number of nitrogens with one attached hydrogen (secondary N) is 1. The second kappa shape index (κ2) is 5.01. The van der Waals surface area contributed by atoms with Gasteiger partial charge in [0.15, 0.2) is 5.78 Å². The average molecular weight is 231 g/mol. The van der Waals surface area contributed by atoms with Crippen molar-refractivity contribution < 1.29 is 4.79 Å². The Morgan fingerprint density at radius 2 is 1.82 bits per heavy atom. The number of piperidine rings is 1. The number of hydrogen-bond acceptors (Lipinski definition) is 2. The molecule has 1 heterocycles. The zero-order valence-corrected chi connectivity index (χ0v) is 11.0. The fourth-order valence-electron chi connectivity index (χ4n) is 2.82. The second-order valence-corrected chi connectivity index (χ2v) is 5.14. The number of hydrogen-bond donors (Lipinski definition) is 1. The molecule has 1 atom stereocenters. The van der Waals surface area contributed by atoms with E-state index in [2.05, 4.69) is 24.4 Å². The molecule has 1 unspecified atom stereocenters. The third kappa shape index (κ3) is 2.58. The van der Waals surface area contributed by atoms with Crippen LogP contribution in [0.4, 0.5) is 0 Å². The molecule has 0 bridgehead atoms. The molecule has 0 aromatic heterocycles. The summed E-state index contributed by atoms with van der Waals surface area (Å²) >= 11 is 0. The summed E-state index contributed by atoms with van der Waals surface area (Å²) in [5.74, 6) is 0.278. The molecule has 17 heavy (non-hydrogen) atoms. The number of carbonyl (C=O) groups is 1. The smallest absolute Gasteiger partial charge is 0.180 e. The van der Waals surface area contributed by atoms with Crippen molar-refractivity contribution in [3.8, 4) is 0 Å². The Bertz CT molecular complexity index is 408. The van der Waals surface area contributed by atoms with Crippen molar-refractivity contribution >= 4 is 5.78 Å². The van der Waals surface area contributed by atoms with E-state index >= 15 is 0 Å². The average Bonchev–Trinajstić information content (AvgIpc) is 2.28. The highest BCUT2D eigenvalue weighted by Crippen LogP contribution is 2.20. The first-order chi connectivity index (χ1) is 8.09. The number of rotatable bonds is 2. The highest BCUT2D eigenvalue weighted by molar-refractivity contribution is 6.02. The minimum atomic E-state index is 0.0313. The largest absolute Gasteiger partial charge is 0.307 e. The van der Waals surface area contributed by atoms with Crippen molar-refractivity contribution in [1.82, 2.24) is 5.32 Å². The number of benzene rings is 1. The van der Waals surface area contributed by atoms with E-state index in [-0.39, 0.29) is 11.8 Å². The Hall–Kier alpha value is -1.15. The van der Waals surface area contributed by atoms with Crippen molar-refractivity contribution in [2.24, 2.45) is 0 Å². The Balaban J connectivity index is 2.30. The molecule has 0 amide bonds. The van der Waals surface area contributed by atoms with E-state index in [9.17, 15) is 4.79 Å². The maximum absolute atomic E-state index is 12.5. The van der Waals surface area contributed by atoms with Crippen LogP contribution in [-0.2, 0) is 0 Å². The van der Waals surface area contributed by atoms with E-state index < -0.39 is 0 Å². The summed E-state index contributed by atoms with van der Waals surface area (Å²) in [6.07, 6.45) is 3.33. The molecule has 2 heteroatoms. The predicted molar refractivity (Wildman–Crippen MR) is 70.6 cm³/mol. The molecule has 1 aliphatic rings. The van der Waals surface area contributed by atoms with Crippen LogP contribution in [0.25, 0.3) is 0 Å². The number of ketones is 1. The normalized spacial score (nSPS) is 20.3. The quantitative estimate of drug-likeness (QED) is 0.793. The van der Waals surface area contributed by atoms with Crippen molar-refractivity contribution in [2.75, 3.05) is 6.54 Å². The van der Waals surface area contributed by atoms with Crippen LogP contribution in [0.5, 0.6) is 0 Å². The maximum atomic E-state index is 12.5. The zero-order chi connectivity index (χ0) is 12.4. The predicted octanol–water partition coefficient (Wildman–Crippen LogP) is 2.94. The van der Waals surface area contributed by atoms with Gasteiger partial charge in [-0.25, -0.2) is 0 Å². The van der Waals surface area contributed by atoms with Gasteiger partial charge in [-0.05, 0) is 51.3 Å². The van der Waals surface area contributed by atoms with Crippen LogP contribution in [0.15, 0.2) is 12.1 Å². The Labute approximate surface area is 103 Å². The van der Waals surface area contributed by atoms with Gasteiger partial charge in [0.25, 0.3) is 0 Å². The van der Waals surface area contributed by atoms with Crippen molar-refractivity contribution in [3.05, 3.63) is 34.4 Å². The molecular formula is C15H21NO. The van der Waals surface area contributed by atoms with Gasteiger partial charge >= 0.3 is 0 Å². The van der Waals surface area contributed by atoms with Gasteiger partial charge < -0.3 is 5.32 Å². The van der Waals surface area contributed by atoms with Gasteiger partial charge in [-0.15, -0.1) is 0 Å². The lowest BCUT2D eigenvalue weighted by atomic mass is 9.90. The maximum Gasteiger partial charge on any atom is 0.180 e. The van der Waals surface area contributed by atoms with E-state index in [1.807, 2.05) is 13.8 Å². The molecule has 1 fully saturated rings. The van der Waals surface area contributed by atoms with Gasteiger partial charge in [0, 0.05) is 5.56 Å². The highest BCUT2D eigenvalue weighted by atomic mass is 16.1. The molecule has 0 radical (unpaired) electrons. The first-order valence-corrected chi connectivity index (χ1v) is 6.45. The van der Waals surface area contributed by atoms with Gasteiger partial charge in [0.2, 0.25) is 0 Å². The number of Topliss-reactive ketones (excluding diaryl/α,β-unsaturated/α-hetero) is 1. The van der Waals surface area contributed by atoms with Gasteiger partial charge in [0.1, 0.15) is 0 Å². The third-order valence-corrected chi connectivity index (χ3v) is 3.55. The third-order valence-electron chi connectivity index (χ3n) is 3.55. The van der Waals surface area contributed by atoms with Crippen LogP contribution < -0.4 is 5.32 Å². The molecule has 1 aromatic carbocycles. The van der Waals surface area contributed by atoms with Crippen LogP contribution in [0, 0.1) is 20.8 Å². The molecule has 0 aliphatic carbocycles. The molecule has 2 rings (SSSR count). The van der Waals surface area contributed by atoms with Crippen LogP contribution >= 0.6 is 0 Å². The fourth-order valence-corrected chi connectivity index (χ4v) is 2.82. The second-order valence-electron chi connectivity index (χ2n) is 5.14. The van der Waals surface area contributed by atoms with Crippen LogP contribution in [0.2, 0.25) is 0 Å². The molecule has 1 N–H and O–H groups in total. The van der Waals surface area contributed by atoms with Gasteiger partial charge in [-0.1, -0.05) is 24.1 Å². The first-order valence-electron chi connectivity index (χ1n) is 6.45. The van der Waals surface area contributed by atoms with E-state index in [4.69, 9.17) is 0 Å². The van der Waals surface area contributed by atoms with E-state index in [0.717, 1.165) is 36.1 Å². The summed E-state index contributed by atoms with van der Waals surface area (Å²) < 4.78 is 0. The van der Waals surface area contributed by atoms with Crippen molar-refractivity contribution in [3.63, 3.8) is 0 Å². The molecule has 92 valence electrons. The van der Waals surface area contributed by atoms with Crippen LogP contribution in [0.1, 0.15) is 46.3 Å². The molecule has 1 aliphatic heterocycles. The Kier molecular flexibility index (Phi) is 3.63.